The predicted molar refractivity (Wildman–Crippen MR) is 81.8 cm³/mol. The molecule has 1 N–H and O–H groups in total. The molecule has 0 radical (unpaired) electrons. The van der Waals surface area contributed by atoms with Gasteiger partial charge >= 0.3 is 0 Å². The number of halogens is 2. The molecule has 0 aliphatic rings. The zero-order valence-corrected chi connectivity index (χ0v) is 13.1. The Morgan fingerprint density at radius 3 is 2.90 bits per heavy atom. The van der Waals surface area contributed by atoms with E-state index in [2.05, 4.69) is 22.3 Å². The molecule has 1 aromatic heterocycles. The molecule has 2 rings (SSSR count). The van der Waals surface area contributed by atoms with Crippen LogP contribution in [-0.4, -0.2) is 21.3 Å². The molecule has 0 bridgehead atoms. The van der Waals surface area contributed by atoms with E-state index in [1.165, 1.54) is 0 Å². The van der Waals surface area contributed by atoms with E-state index in [9.17, 15) is 4.39 Å². The highest BCUT2D eigenvalue weighted by Crippen LogP contribution is 2.25. The number of aromatic nitrogens is 3. The second-order valence-corrected chi connectivity index (χ2v) is 5.26. The summed E-state index contributed by atoms with van der Waals surface area (Å²) in [5.74, 6) is 0.480. The second-order valence-electron chi connectivity index (χ2n) is 4.86. The van der Waals surface area contributed by atoms with Gasteiger partial charge in [-0.25, -0.2) is 9.37 Å². The van der Waals surface area contributed by atoms with Crippen LogP contribution in [0.3, 0.4) is 0 Å². The molecule has 6 heteroatoms. The predicted octanol–water partition coefficient (Wildman–Crippen LogP) is 3.37. The smallest absolute Gasteiger partial charge is 0.146 e. The highest BCUT2D eigenvalue weighted by atomic mass is 35.5. The number of hydrogen-bond acceptors (Lipinski definition) is 3. The summed E-state index contributed by atoms with van der Waals surface area (Å²) in [6.07, 6.45) is 3.10. The van der Waals surface area contributed by atoms with Crippen molar-refractivity contribution in [1.29, 1.82) is 0 Å². The van der Waals surface area contributed by atoms with Crippen LogP contribution in [0, 0.1) is 5.82 Å². The Morgan fingerprint density at radius 1 is 1.38 bits per heavy atom. The lowest BCUT2D eigenvalue weighted by Crippen LogP contribution is -2.25. The molecule has 0 aliphatic carbocycles. The fourth-order valence-electron chi connectivity index (χ4n) is 2.36. The van der Waals surface area contributed by atoms with Crippen LogP contribution in [0.25, 0.3) is 0 Å². The number of hydrogen-bond donors (Lipinski definition) is 1. The number of rotatable bonds is 7. The average molecular weight is 311 g/mol. The maximum Gasteiger partial charge on any atom is 0.146 e. The highest BCUT2D eigenvalue weighted by Gasteiger charge is 2.19. The van der Waals surface area contributed by atoms with Crippen molar-refractivity contribution >= 4 is 11.6 Å². The molecule has 0 spiro atoms. The fourth-order valence-corrected chi connectivity index (χ4v) is 2.54. The van der Waals surface area contributed by atoms with Crippen molar-refractivity contribution in [2.24, 2.45) is 0 Å². The molecule has 0 amide bonds. The van der Waals surface area contributed by atoms with E-state index in [4.69, 9.17) is 11.6 Å². The highest BCUT2D eigenvalue weighted by molar-refractivity contribution is 6.30. The molecule has 0 saturated heterocycles. The van der Waals surface area contributed by atoms with E-state index >= 15 is 0 Å². The Balaban J connectivity index is 2.26. The van der Waals surface area contributed by atoms with Gasteiger partial charge in [0.1, 0.15) is 18.0 Å². The van der Waals surface area contributed by atoms with Crippen molar-refractivity contribution in [2.75, 3.05) is 6.54 Å². The van der Waals surface area contributed by atoms with Crippen LogP contribution in [0.15, 0.2) is 24.5 Å². The van der Waals surface area contributed by atoms with Crippen LogP contribution in [-0.2, 0) is 13.0 Å². The zero-order chi connectivity index (χ0) is 15.2. The lowest BCUT2D eigenvalue weighted by molar-refractivity contribution is 0.478. The first-order valence-electron chi connectivity index (χ1n) is 7.21. The molecular formula is C15H20ClFN4. The van der Waals surface area contributed by atoms with E-state index in [0.29, 0.717) is 12.0 Å². The molecule has 2 aromatic rings. The molecular weight excluding hydrogens is 291 g/mol. The van der Waals surface area contributed by atoms with Gasteiger partial charge in [0, 0.05) is 24.6 Å². The van der Waals surface area contributed by atoms with Crippen molar-refractivity contribution in [3.05, 3.63) is 46.8 Å². The minimum atomic E-state index is -0.369. The lowest BCUT2D eigenvalue weighted by atomic mass is 10.0. The van der Waals surface area contributed by atoms with Crippen LogP contribution < -0.4 is 5.32 Å². The molecule has 0 saturated carbocycles. The summed E-state index contributed by atoms with van der Waals surface area (Å²) in [6.45, 7) is 5.63. The van der Waals surface area contributed by atoms with Gasteiger partial charge in [0.15, 0.2) is 0 Å². The molecule has 1 unspecified atom stereocenters. The van der Waals surface area contributed by atoms with Crippen molar-refractivity contribution < 1.29 is 4.39 Å². The Hall–Kier alpha value is -1.46. The second kappa shape index (κ2) is 7.52. The van der Waals surface area contributed by atoms with Gasteiger partial charge in [0.25, 0.3) is 0 Å². The minimum Gasteiger partial charge on any atom is -0.310 e. The van der Waals surface area contributed by atoms with E-state index in [1.807, 2.05) is 11.6 Å². The molecule has 4 nitrogen and oxygen atoms in total. The Kier molecular flexibility index (Phi) is 5.70. The lowest BCUT2D eigenvalue weighted by Gasteiger charge is -2.19. The first-order chi connectivity index (χ1) is 10.2. The molecule has 0 fully saturated rings. The molecule has 1 atom stereocenters. The van der Waals surface area contributed by atoms with Crippen molar-refractivity contribution in [2.45, 2.75) is 39.3 Å². The number of aryl methyl sites for hydroxylation is 1. The monoisotopic (exact) mass is 310 g/mol. The normalized spacial score (nSPS) is 12.6. The molecule has 1 aromatic carbocycles. The first-order valence-corrected chi connectivity index (χ1v) is 7.59. The van der Waals surface area contributed by atoms with Gasteiger partial charge in [0.2, 0.25) is 0 Å². The van der Waals surface area contributed by atoms with Gasteiger partial charge < -0.3 is 5.32 Å². The molecule has 0 aliphatic heterocycles. The number of likely N-dealkylation sites (N-methyl/N-ethyl adjacent to an activating group) is 1. The summed E-state index contributed by atoms with van der Waals surface area (Å²) >= 11 is 5.88. The third kappa shape index (κ3) is 3.80. The first kappa shape index (κ1) is 15.9. The maximum absolute atomic E-state index is 14.2. The Bertz CT molecular complexity index is 585. The summed E-state index contributed by atoms with van der Waals surface area (Å²) in [5.41, 5.74) is 0.565. The number of nitrogens with zero attached hydrogens (tertiary/aromatic N) is 3. The molecule has 21 heavy (non-hydrogen) atoms. The Labute approximate surface area is 129 Å². The summed E-state index contributed by atoms with van der Waals surface area (Å²) in [7, 11) is 0. The van der Waals surface area contributed by atoms with Gasteiger partial charge in [-0.05, 0) is 19.0 Å². The van der Waals surface area contributed by atoms with Crippen LogP contribution in [0.4, 0.5) is 4.39 Å². The minimum absolute atomic E-state index is 0.144. The van der Waals surface area contributed by atoms with Gasteiger partial charge in [-0.2, -0.15) is 5.10 Å². The third-order valence-electron chi connectivity index (χ3n) is 3.33. The molecule has 114 valence electrons. The van der Waals surface area contributed by atoms with Gasteiger partial charge in [-0.1, -0.05) is 37.6 Å². The standard InChI is InChI=1S/C15H20ClFN4/c1-3-8-21-14(19-10-20-21)9-13(18-4-2)11-6-5-7-12(16)15(11)17/h5-7,10,13,18H,3-4,8-9H2,1-2H3. The van der Waals surface area contributed by atoms with Crippen LogP contribution in [0.2, 0.25) is 5.02 Å². The Morgan fingerprint density at radius 2 is 2.19 bits per heavy atom. The van der Waals surface area contributed by atoms with Crippen molar-refractivity contribution in [1.82, 2.24) is 20.1 Å². The van der Waals surface area contributed by atoms with Crippen LogP contribution >= 0.6 is 11.6 Å². The maximum atomic E-state index is 14.2. The zero-order valence-electron chi connectivity index (χ0n) is 12.3. The number of nitrogens with one attached hydrogen (secondary N) is 1. The van der Waals surface area contributed by atoms with E-state index in [1.54, 1.807) is 24.5 Å². The molecule has 1 heterocycles. The van der Waals surface area contributed by atoms with Crippen molar-refractivity contribution in [3.63, 3.8) is 0 Å². The van der Waals surface area contributed by atoms with Crippen LogP contribution in [0.5, 0.6) is 0 Å². The van der Waals surface area contributed by atoms with E-state index in [0.717, 1.165) is 25.3 Å². The third-order valence-corrected chi connectivity index (χ3v) is 3.62. The largest absolute Gasteiger partial charge is 0.310 e. The topological polar surface area (TPSA) is 42.7 Å². The van der Waals surface area contributed by atoms with Gasteiger partial charge in [-0.3, -0.25) is 4.68 Å². The van der Waals surface area contributed by atoms with E-state index in [-0.39, 0.29) is 16.9 Å². The SMILES string of the molecule is CCCn1ncnc1CC(NCC)c1cccc(Cl)c1F. The summed E-state index contributed by atoms with van der Waals surface area (Å²) in [5, 5.41) is 7.65. The van der Waals surface area contributed by atoms with E-state index < -0.39 is 0 Å². The average Bonchev–Trinajstić information content (AvgIpc) is 2.89. The summed E-state index contributed by atoms with van der Waals surface area (Å²) in [6, 6.07) is 4.91. The van der Waals surface area contributed by atoms with Crippen LogP contribution in [0.1, 0.15) is 37.7 Å². The van der Waals surface area contributed by atoms with Gasteiger partial charge in [0.05, 0.1) is 5.02 Å². The summed E-state index contributed by atoms with van der Waals surface area (Å²) < 4.78 is 16.1. The van der Waals surface area contributed by atoms with Gasteiger partial charge in [-0.15, -0.1) is 0 Å². The van der Waals surface area contributed by atoms with Crippen molar-refractivity contribution in [3.8, 4) is 0 Å². The number of benzene rings is 1. The summed E-state index contributed by atoms with van der Waals surface area (Å²) in [4.78, 5) is 4.29. The quantitative estimate of drug-likeness (QED) is 0.852. The fraction of sp³-hybridized carbons (Fsp3) is 0.467.